The van der Waals surface area contributed by atoms with Crippen LogP contribution < -0.4 is 11.1 Å². The van der Waals surface area contributed by atoms with Gasteiger partial charge in [0.25, 0.3) is 0 Å². The Kier molecular flexibility index (Phi) is 4.12. The first-order valence-corrected chi connectivity index (χ1v) is 6.92. The molecule has 0 aliphatic heterocycles. The summed E-state index contributed by atoms with van der Waals surface area (Å²) in [7, 11) is 0. The minimum Gasteiger partial charge on any atom is -0.397 e. The zero-order valence-electron chi connectivity index (χ0n) is 11.2. The number of aryl methyl sites for hydroxylation is 1. The van der Waals surface area contributed by atoms with Crippen LogP contribution in [0, 0.1) is 6.92 Å². The molecule has 0 saturated heterocycles. The predicted molar refractivity (Wildman–Crippen MR) is 76.7 cm³/mol. The number of hydrogen-bond donors (Lipinski definition) is 3. The van der Waals surface area contributed by atoms with Crippen molar-refractivity contribution in [2.24, 2.45) is 0 Å². The van der Waals surface area contributed by atoms with E-state index < -0.39 is 5.60 Å². The van der Waals surface area contributed by atoms with Crippen LogP contribution in [0.25, 0.3) is 0 Å². The Morgan fingerprint density at radius 2 is 1.89 bits per heavy atom. The Hall–Kier alpha value is -1.22. The lowest BCUT2D eigenvalue weighted by Crippen LogP contribution is -2.36. The van der Waals surface area contributed by atoms with E-state index in [9.17, 15) is 5.11 Å². The molecule has 0 heterocycles. The third kappa shape index (κ3) is 3.16. The van der Waals surface area contributed by atoms with Crippen molar-refractivity contribution in [3.63, 3.8) is 0 Å². The number of hydrogen-bond acceptors (Lipinski definition) is 3. The highest BCUT2D eigenvalue weighted by molar-refractivity contribution is 5.69. The molecule has 0 atom stereocenters. The van der Waals surface area contributed by atoms with E-state index in [1.165, 1.54) is 12.8 Å². The first kappa shape index (κ1) is 13.2. The van der Waals surface area contributed by atoms with E-state index in [0.717, 1.165) is 42.6 Å². The molecule has 2 rings (SSSR count). The van der Waals surface area contributed by atoms with Crippen LogP contribution in [0.15, 0.2) is 18.2 Å². The van der Waals surface area contributed by atoms with Gasteiger partial charge in [-0.2, -0.15) is 0 Å². The van der Waals surface area contributed by atoms with Crippen LogP contribution in [-0.2, 0) is 0 Å². The number of rotatable bonds is 3. The highest BCUT2D eigenvalue weighted by Crippen LogP contribution is 2.29. The average Bonchev–Trinajstić information content (AvgIpc) is 2.57. The normalized spacial score (nSPS) is 19.2. The first-order chi connectivity index (χ1) is 8.61. The van der Waals surface area contributed by atoms with E-state index in [0.29, 0.717) is 6.54 Å². The fraction of sp³-hybridized carbons (Fsp3) is 0.600. The van der Waals surface area contributed by atoms with Gasteiger partial charge in [-0.15, -0.1) is 0 Å². The van der Waals surface area contributed by atoms with Gasteiger partial charge in [0.05, 0.1) is 17.0 Å². The van der Waals surface area contributed by atoms with E-state index in [-0.39, 0.29) is 0 Å². The number of nitrogens with two attached hydrogens (primary N) is 1. The fourth-order valence-electron chi connectivity index (χ4n) is 2.66. The number of anilines is 2. The smallest absolute Gasteiger partial charge is 0.0819 e. The largest absolute Gasteiger partial charge is 0.397 e. The maximum atomic E-state index is 10.6. The third-order valence-electron chi connectivity index (χ3n) is 3.97. The Balaban J connectivity index is 1.99. The van der Waals surface area contributed by atoms with Gasteiger partial charge in [0.1, 0.15) is 0 Å². The third-order valence-corrected chi connectivity index (χ3v) is 3.97. The second-order valence-corrected chi connectivity index (χ2v) is 5.53. The van der Waals surface area contributed by atoms with Crippen molar-refractivity contribution in [2.45, 2.75) is 51.0 Å². The number of nitrogen functional groups attached to an aromatic ring is 1. The van der Waals surface area contributed by atoms with E-state index >= 15 is 0 Å². The molecule has 1 fully saturated rings. The molecule has 0 amide bonds. The topological polar surface area (TPSA) is 58.3 Å². The van der Waals surface area contributed by atoms with Crippen molar-refractivity contribution in [1.82, 2.24) is 0 Å². The van der Waals surface area contributed by atoms with Gasteiger partial charge in [0.15, 0.2) is 0 Å². The van der Waals surface area contributed by atoms with Crippen LogP contribution >= 0.6 is 0 Å². The summed E-state index contributed by atoms with van der Waals surface area (Å²) in [6.45, 7) is 2.60. The molecule has 0 unspecified atom stereocenters. The molecule has 1 aliphatic rings. The van der Waals surface area contributed by atoms with E-state index in [1.54, 1.807) is 0 Å². The van der Waals surface area contributed by atoms with Crippen LogP contribution in [0.2, 0.25) is 0 Å². The first-order valence-electron chi connectivity index (χ1n) is 6.92. The Morgan fingerprint density at radius 1 is 1.22 bits per heavy atom. The van der Waals surface area contributed by atoms with E-state index in [4.69, 9.17) is 5.73 Å². The molecule has 0 spiro atoms. The van der Waals surface area contributed by atoms with Crippen LogP contribution in [0.5, 0.6) is 0 Å². The SMILES string of the molecule is Cc1cccc(NCC2(O)CCCCCC2)c1N. The fourth-order valence-corrected chi connectivity index (χ4v) is 2.66. The van der Waals surface area contributed by atoms with Crippen molar-refractivity contribution in [3.05, 3.63) is 23.8 Å². The van der Waals surface area contributed by atoms with Gasteiger partial charge in [-0.05, 0) is 31.4 Å². The molecule has 3 nitrogen and oxygen atoms in total. The molecule has 0 radical (unpaired) electrons. The molecular weight excluding hydrogens is 224 g/mol. The Morgan fingerprint density at radius 3 is 2.56 bits per heavy atom. The summed E-state index contributed by atoms with van der Waals surface area (Å²) in [5, 5.41) is 13.9. The summed E-state index contributed by atoms with van der Waals surface area (Å²) in [4.78, 5) is 0. The summed E-state index contributed by atoms with van der Waals surface area (Å²) in [6.07, 6.45) is 6.53. The highest BCUT2D eigenvalue weighted by Gasteiger charge is 2.27. The molecule has 1 aliphatic carbocycles. The van der Waals surface area contributed by atoms with Crippen molar-refractivity contribution in [3.8, 4) is 0 Å². The molecule has 1 aromatic carbocycles. The highest BCUT2D eigenvalue weighted by atomic mass is 16.3. The van der Waals surface area contributed by atoms with Crippen LogP contribution in [0.3, 0.4) is 0 Å². The number of para-hydroxylation sites is 1. The molecule has 0 bridgehead atoms. The average molecular weight is 248 g/mol. The van der Waals surface area contributed by atoms with Gasteiger partial charge < -0.3 is 16.2 Å². The molecule has 1 saturated carbocycles. The Bertz CT molecular complexity index is 395. The van der Waals surface area contributed by atoms with Gasteiger partial charge in [-0.25, -0.2) is 0 Å². The predicted octanol–water partition coefficient (Wildman–Crippen LogP) is 3.07. The van der Waals surface area contributed by atoms with Crippen molar-refractivity contribution in [2.75, 3.05) is 17.6 Å². The number of aliphatic hydroxyl groups is 1. The summed E-state index contributed by atoms with van der Waals surface area (Å²) < 4.78 is 0. The number of nitrogens with one attached hydrogen (secondary N) is 1. The van der Waals surface area contributed by atoms with E-state index in [1.807, 2.05) is 25.1 Å². The lowest BCUT2D eigenvalue weighted by Gasteiger charge is -2.27. The van der Waals surface area contributed by atoms with Gasteiger partial charge in [-0.3, -0.25) is 0 Å². The molecule has 18 heavy (non-hydrogen) atoms. The molecule has 3 heteroatoms. The second-order valence-electron chi connectivity index (χ2n) is 5.53. The number of benzene rings is 1. The molecular formula is C15H24N2O. The summed E-state index contributed by atoms with van der Waals surface area (Å²) in [5.41, 5.74) is 8.27. The summed E-state index contributed by atoms with van der Waals surface area (Å²) in [6, 6.07) is 5.97. The maximum absolute atomic E-state index is 10.6. The maximum Gasteiger partial charge on any atom is 0.0819 e. The summed E-state index contributed by atoms with van der Waals surface area (Å²) in [5.74, 6) is 0. The zero-order chi connectivity index (χ0) is 13.0. The minimum atomic E-state index is -0.563. The van der Waals surface area contributed by atoms with Gasteiger partial charge in [-0.1, -0.05) is 37.8 Å². The van der Waals surface area contributed by atoms with Crippen molar-refractivity contribution in [1.29, 1.82) is 0 Å². The van der Waals surface area contributed by atoms with Crippen LogP contribution in [0.4, 0.5) is 11.4 Å². The van der Waals surface area contributed by atoms with Gasteiger partial charge in [0.2, 0.25) is 0 Å². The lowest BCUT2D eigenvalue weighted by atomic mass is 9.94. The van der Waals surface area contributed by atoms with Crippen molar-refractivity contribution >= 4 is 11.4 Å². The lowest BCUT2D eigenvalue weighted by molar-refractivity contribution is 0.0381. The molecule has 1 aromatic rings. The quantitative estimate of drug-likeness (QED) is 0.569. The van der Waals surface area contributed by atoms with Crippen LogP contribution in [0.1, 0.15) is 44.1 Å². The van der Waals surface area contributed by atoms with Gasteiger partial charge >= 0.3 is 0 Å². The molecule has 4 N–H and O–H groups in total. The van der Waals surface area contributed by atoms with E-state index in [2.05, 4.69) is 5.32 Å². The van der Waals surface area contributed by atoms with Gasteiger partial charge in [0, 0.05) is 6.54 Å². The van der Waals surface area contributed by atoms with Crippen molar-refractivity contribution < 1.29 is 5.11 Å². The minimum absolute atomic E-state index is 0.563. The Labute approximate surface area is 109 Å². The standard InChI is InChI=1S/C15H24N2O/c1-12-7-6-8-13(14(12)16)17-11-15(18)9-4-2-3-5-10-15/h6-8,17-18H,2-5,9-11,16H2,1H3. The van der Waals surface area contributed by atoms with Crippen LogP contribution in [-0.4, -0.2) is 17.3 Å². The molecule has 100 valence electrons. The zero-order valence-corrected chi connectivity index (χ0v) is 11.2. The molecule has 0 aromatic heterocycles. The second kappa shape index (κ2) is 5.61. The monoisotopic (exact) mass is 248 g/mol. The summed E-state index contributed by atoms with van der Waals surface area (Å²) >= 11 is 0.